The zero-order valence-corrected chi connectivity index (χ0v) is 14.0. The number of aromatic nitrogens is 1. The predicted octanol–water partition coefficient (Wildman–Crippen LogP) is 3.56. The monoisotopic (exact) mass is 341 g/mol. The number of pyridine rings is 1. The maximum atomic E-state index is 13.6. The van der Waals surface area contributed by atoms with Crippen LogP contribution in [-0.2, 0) is 0 Å². The number of rotatable bonds is 2. The van der Waals surface area contributed by atoms with E-state index in [-0.39, 0.29) is 0 Å². The summed E-state index contributed by atoms with van der Waals surface area (Å²) in [6, 6.07) is 6.64. The van der Waals surface area contributed by atoms with Crippen molar-refractivity contribution in [3.05, 3.63) is 48.3 Å². The molecule has 0 amide bonds. The van der Waals surface area contributed by atoms with E-state index in [1.165, 1.54) is 38.1 Å². The van der Waals surface area contributed by atoms with E-state index in [2.05, 4.69) is 20.9 Å². The van der Waals surface area contributed by atoms with Crippen LogP contribution >= 0.6 is 0 Å². The Labute approximate surface area is 146 Å². The topological polar surface area (TPSA) is 19.4 Å². The summed E-state index contributed by atoms with van der Waals surface area (Å²) in [4.78, 5) is 9.50. The Kier molecular flexibility index (Phi) is 3.52. The fourth-order valence-electron chi connectivity index (χ4n) is 5.02. The van der Waals surface area contributed by atoms with Crippen molar-refractivity contribution in [3.63, 3.8) is 0 Å². The normalized spacial score (nSPS) is 30.6. The van der Waals surface area contributed by atoms with Gasteiger partial charge in [0.2, 0.25) is 0 Å². The minimum atomic E-state index is -0.818. The first-order valence-corrected chi connectivity index (χ1v) is 9.05. The minimum absolute atomic E-state index is 0.535. The molecule has 0 N–H and O–H groups in total. The second kappa shape index (κ2) is 5.77. The molecular weight excluding hydrogens is 320 g/mol. The Morgan fingerprint density at radius 2 is 1.72 bits per heavy atom. The summed E-state index contributed by atoms with van der Waals surface area (Å²) in [5.41, 5.74) is 2.60. The summed E-state index contributed by atoms with van der Waals surface area (Å²) in [6.07, 6.45) is 6.22. The van der Waals surface area contributed by atoms with E-state index in [1.54, 1.807) is 12.3 Å². The molecule has 2 aromatic rings. The van der Waals surface area contributed by atoms with E-state index < -0.39 is 11.6 Å². The number of hydrogen-bond donors (Lipinski definition) is 0. The molecule has 1 aromatic carbocycles. The van der Waals surface area contributed by atoms with Crippen LogP contribution in [0.5, 0.6) is 0 Å². The third kappa shape index (κ3) is 2.71. The van der Waals surface area contributed by atoms with E-state index in [0.717, 1.165) is 36.2 Å². The summed E-state index contributed by atoms with van der Waals surface area (Å²) in [7, 11) is 0. The highest BCUT2D eigenvalue weighted by molar-refractivity contribution is 5.67. The first kappa shape index (κ1) is 15.3. The molecule has 0 radical (unpaired) electrons. The van der Waals surface area contributed by atoms with Crippen molar-refractivity contribution in [2.24, 2.45) is 11.8 Å². The van der Waals surface area contributed by atoms with Crippen LogP contribution < -0.4 is 4.90 Å². The molecule has 130 valence electrons. The van der Waals surface area contributed by atoms with Gasteiger partial charge < -0.3 is 9.80 Å². The maximum absolute atomic E-state index is 13.6. The van der Waals surface area contributed by atoms with Crippen LogP contribution in [0.2, 0.25) is 0 Å². The van der Waals surface area contributed by atoms with Crippen molar-refractivity contribution in [1.82, 2.24) is 9.88 Å². The Balaban J connectivity index is 1.49. The quantitative estimate of drug-likeness (QED) is 0.833. The van der Waals surface area contributed by atoms with Gasteiger partial charge in [0.25, 0.3) is 0 Å². The summed E-state index contributed by atoms with van der Waals surface area (Å²) >= 11 is 0. The largest absolute Gasteiger partial charge is 0.366 e. The van der Waals surface area contributed by atoms with Gasteiger partial charge in [0.05, 0.1) is 11.9 Å². The zero-order chi connectivity index (χ0) is 17.0. The molecule has 0 spiro atoms. The number of anilines is 1. The number of halogens is 2. The Bertz CT molecular complexity index is 795. The van der Waals surface area contributed by atoms with Crippen molar-refractivity contribution in [2.75, 3.05) is 31.1 Å². The van der Waals surface area contributed by atoms with Crippen molar-refractivity contribution in [1.29, 1.82) is 0 Å². The van der Waals surface area contributed by atoms with Crippen LogP contribution in [-0.4, -0.2) is 42.1 Å². The zero-order valence-electron chi connectivity index (χ0n) is 14.0. The van der Waals surface area contributed by atoms with E-state index in [0.29, 0.717) is 11.6 Å². The minimum Gasteiger partial charge on any atom is -0.366 e. The summed E-state index contributed by atoms with van der Waals surface area (Å²) in [5.74, 6) is -0.0908. The van der Waals surface area contributed by atoms with Gasteiger partial charge in [-0.15, -0.1) is 0 Å². The molecular formula is C20H21F2N3. The van der Waals surface area contributed by atoms with Gasteiger partial charge in [-0.1, -0.05) is 6.07 Å². The van der Waals surface area contributed by atoms with Crippen LogP contribution in [0.1, 0.15) is 12.8 Å². The predicted molar refractivity (Wildman–Crippen MR) is 93.4 cm³/mol. The highest BCUT2D eigenvalue weighted by Crippen LogP contribution is 2.39. The lowest BCUT2D eigenvalue weighted by Crippen LogP contribution is -2.49. The molecule has 0 saturated carbocycles. The Morgan fingerprint density at radius 1 is 0.840 bits per heavy atom. The van der Waals surface area contributed by atoms with Crippen LogP contribution in [0.3, 0.4) is 0 Å². The lowest BCUT2D eigenvalue weighted by molar-refractivity contribution is 0.0980. The van der Waals surface area contributed by atoms with Gasteiger partial charge in [0.1, 0.15) is 0 Å². The number of nitrogens with zero attached hydrogens (tertiary/aromatic N) is 3. The lowest BCUT2D eigenvalue weighted by Gasteiger charge is -2.41. The van der Waals surface area contributed by atoms with Crippen molar-refractivity contribution in [3.8, 4) is 11.1 Å². The van der Waals surface area contributed by atoms with E-state index in [1.807, 2.05) is 6.20 Å². The molecule has 6 rings (SSSR count). The third-order valence-corrected chi connectivity index (χ3v) is 5.98. The van der Waals surface area contributed by atoms with Crippen LogP contribution in [0.15, 0.2) is 36.7 Å². The molecule has 4 aliphatic rings. The average molecular weight is 341 g/mol. The molecule has 0 aliphatic carbocycles. The molecule has 25 heavy (non-hydrogen) atoms. The van der Waals surface area contributed by atoms with E-state index in [9.17, 15) is 8.78 Å². The molecule has 4 saturated heterocycles. The summed E-state index contributed by atoms with van der Waals surface area (Å²) < 4.78 is 26.8. The molecule has 4 bridgehead atoms. The fourth-order valence-corrected chi connectivity index (χ4v) is 5.02. The highest BCUT2D eigenvalue weighted by Gasteiger charge is 2.41. The van der Waals surface area contributed by atoms with E-state index in [4.69, 9.17) is 0 Å². The summed E-state index contributed by atoms with van der Waals surface area (Å²) in [5, 5.41) is 0. The van der Waals surface area contributed by atoms with Gasteiger partial charge in [0, 0.05) is 44.0 Å². The number of hydrogen-bond acceptors (Lipinski definition) is 3. The van der Waals surface area contributed by atoms with E-state index >= 15 is 0 Å². The average Bonchev–Trinajstić information content (AvgIpc) is 2.81. The number of fused-ring (bicyclic) bond motifs is 1. The molecule has 5 heterocycles. The number of piperidine rings is 2. The maximum Gasteiger partial charge on any atom is 0.159 e. The Hall–Kier alpha value is -2.01. The van der Waals surface area contributed by atoms with Crippen molar-refractivity contribution < 1.29 is 8.78 Å². The van der Waals surface area contributed by atoms with Crippen LogP contribution in [0, 0.1) is 23.5 Å². The summed E-state index contributed by atoms with van der Waals surface area (Å²) in [6.45, 7) is 4.66. The van der Waals surface area contributed by atoms with Gasteiger partial charge in [-0.05, 0) is 48.4 Å². The van der Waals surface area contributed by atoms with Gasteiger partial charge >= 0.3 is 0 Å². The van der Waals surface area contributed by atoms with Gasteiger partial charge in [0.15, 0.2) is 11.6 Å². The van der Waals surface area contributed by atoms with Crippen LogP contribution in [0.4, 0.5) is 14.5 Å². The van der Waals surface area contributed by atoms with Gasteiger partial charge in [-0.2, -0.15) is 0 Å². The van der Waals surface area contributed by atoms with Crippen molar-refractivity contribution >= 4 is 5.69 Å². The standard InChI is InChI=1S/C20H21F2N3/c21-19-2-1-15(6-20(19)22)16-5-17(8-23-7-16)25-11-14-3-13-4-18(25)12-24(9-13)10-14/h1-2,5-8,13-14,18H,3-4,9-12H2. The SMILES string of the molecule is Fc1ccc(-c2cncc(N3CC4CC5CC3CN(C5)C4)c2)cc1F. The first-order chi connectivity index (χ1) is 12.2. The molecule has 1 aromatic heterocycles. The lowest BCUT2D eigenvalue weighted by atomic mass is 9.84. The first-order valence-electron chi connectivity index (χ1n) is 9.05. The molecule has 5 heteroatoms. The Morgan fingerprint density at radius 3 is 2.56 bits per heavy atom. The third-order valence-electron chi connectivity index (χ3n) is 5.98. The number of benzene rings is 1. The molecule has 3 nitrogen and oxygen atoms in total. The van der Waals surface area contributed by atoms with Gasteiger partial charge in [-0.3, -0.25) is 4.98 Å². The smallest absolute Gasteiger partial charge is 0.159 e. The molecule has 4 atom stereocenters. The van der Waals surface area contributed by atoms with Gasteiger partial charge in [-0.25, -0.2) is 8.78 Å². The fraction of sp³-hybridized carbons (Fsp3) is 0.450. The van der Waals surface area contributed by atoms with Crippen LogP contribution in [0.25, 0.3) is 11.1 Å². The highest BCUT2D eigenvalue weighted by atomic mass is 19.2. The van der Waals surface area contributed by atoms with Crippen molar-refractivity contribution in [2.45, 2.75) is 18.9 Å². The molecule has 4 unspecified atom stereocenters. The molecule has 4 aliphatic heterocycles. The molecule has 4 fully saturated rings. The second-order valence-electron chi connectivity index (χ2n) is 7.79. The second-order valence-corrected chi connectivity index (χ2v) is 7.79.